The smallest absolute Gasteiger partial charge is 0.328 e. The first kappa shape index (κ1) is 23.9. The Morgan fingerprint density at radius 3 is 2.38 bits per heavy atom. The van der Waals surface area contributed by atoms with E-state index in [1.54, 1.807) is 44.4 Å². The van der Waals surface area contributed by atoms with E-state index in [2.05, 4.69) is 0 Å². The number of aryl methyl sites for hydroxylation is 2. The maximum atomic E-state index is 13.4. The summed E-state index contributed by atoms with van der Waals surface area (Å²) < 4.78 is 13.9. The van der Waals surface area contributed by atoms with Crippen molar-refractivity contribution in [2.24, 2.45) is 14.1 Å². The van der Waals surface area contributed by atoms with Crippen LogP contribution >= 0.6 is 0 Å². The SMILES string of the molecule is COC(=O)C[C@H](c1ccc2c(c1)n(C)c(=O)n2C)c1c(O)ccc2c(=O)c(-c3ccc(O)cc3)coc12. The molecule has 1 atom stereocenters. The first-order valence-corrected chi connectivity index (χ1v) is 11.5. The fraction of sp³-hybridized carbons (Fsp3) is 0.179. The van der Waals surface area contributed by atoms with Crippen LogP contribution in [0.3, 0.4) is 0 Å². The lowest BCUT2D eigenvalue weighted by Crippen LogP contribution is -2.19. The Balaban J connectivity index is 1.75. The molecule has 0 saturated heterocycles. The molecule has 0 bridgehead atoms. The predicted molar refractivity (Wildman–Crippen MR) is 138 cm³/mol. The number of nitrogens with zero attached hydrogens (tertiary/aromatic N) is 2. The van der Waals surface area contributed by atoms with Crippen LogP contribution in [0.5, 0.6) is 11.5 Å². The molecular weight excluding hydrogens is 476 g/mol. The number of aromatic nitrogens is 2. The highest BCUT2D eigenvalue weighted by Gasteiger charge is 2.27. The summed E-state index contributed by atoms with van der Waals surface area (Å²) in [4.78, 5) is 38.3. The Hall–Kier alpha value is -4.79. The van der Waals surface area contributed by atoms with Gasteiger partial charge in [0.1, 0.15) is 23.3 Å². The van der Waals surface area contributed by atoms with Crippen LogP contribution < -0.4 is 11.1 Å². The number of phenolic OH excluding ortho intramolecular Hbond substituents is 2. The van der Waals surface area contributed by atoms with Gasteiger partial charge in [-0.25, -0.2) is 4.79 Å². The number of imidazole rings is 1. The third kappa shape index (κ3) is 3.94. The number of rotatable bonds is 5. The van der Waals surface area contributed by atoms with E-state index in [1.165, 1.54) is 46.8 Å². The van der Waals surface area contributed by atoms with Crippen molar-refractivity contribution >= 4 is 28.0 Å². The van der Waals surface area contributed by atoms with E-state index in [-0.39, 0.29) is 51.1 Å². The fourth-order valence-corrected chi connectivity index (χ4v) is 4.77. The molecule has 3 aromatic carbocycles. The second-order valence-electron chi connectivity index (χ2n) is 8.88. The summed E-state index contributed by atoms with van der Waals surface area (Å²) in [5, 5.41) is 20.8. The molecule has 2 heterocycles. The van der Waals surface area contributed by atoms with Crippen molar-refractivity contribution in [2.45, 2.75) is 12.3 Å². The molecule has 5 aromatic rings. The first-order chi connectivity index (χ1) is 17.7. The van der Waals surface area contributed by atoms with Gasteiger partial charge < -0.3 is 19.4 Å². The zero-order valence-corrected chi connectivity index (χ0v) is 20.4. The van der Waals surface area contributed by atoms with Gasteiger partial charge in [0.15, 0.2) is 0 Å². The minimum absolute atomic E-state index is 0.0691. The van der Waals surface area contributed by atoms with Crippen LogP contribution in [0.25, 0.3) is 33.1 Å². The minimum Gasteiger partial charge on any atom is -0.508 e. The summed E-state index contributed by atoms with van der Waals surface area (Å²) in [6.45, 7) is 0. The van der Waals surface area contributed by atoms with Gasteiger partial charge in [-0.05, 0) is 47.5 Å². The van der Waals surface area contributed by atoms with Gasteiger partial charge in [-0.3, -0.25) is 18.7 Å². The monoisotopic (exact) mass is 500 g/mol. The molecule has 0 radical (unpaired) electrons. The summed E-state index contributed by atoms with van der Waals surface area (Å²) >= 11 is 0. The van der Waals surface area contributed by atoms with E-state index in [1.807, 2.05) is 0 Å². The van der Waals surface area contributed by atoms with Crippen LogP contribution in [-0.4, -0.2) is 32.4 Å². The zero-order chi connectivity index (χ0) is 26.4. The van der Waals surface area contributed by atoms with Crippen LogP contribution in [0.1, 0.15) is 23.5 Å². The van der Waals surface area contributed by atoms with E-state index in [0.717, 1.165) is 0 Å². The highest BCUT2D eigenvalue weighted by molar-refractivity contribution is 5.88. The number of carbonyl (C=O) groups excluding carboxylic acids is 1. The molecular formula is C28H24N2O7. The lowest BCUT2D eigenvalue weighted by Gasteiger charge is -2.20. The molecule has 0 fully saturated rings. The number of methoxy groups -OCH3 is 1. The van der Waals surface area contributed by atoms with Crippen LogP contribution in [0.4, 0.5) is 0 Å². The van der Waals surface area contributed by atoms with E-state index in [0.29, 0.717) is 22.2 Å². The van der Waals surface area contributed by atoms with Gasteiger partial charge in [-0.15, -0.1) is 0 Å². The zero-order valence-electron chi connectivity index (χ0n) is 20.4. The average Bonchev–Trinajstić information content (AvgIpc) is 3.11. The van der Waals surface area contributed by atoms with Gasteiger partial charge in [0, 0.05) is 25.6 Å². The molecule has 2 N–H and O–H groups in total. The molecule has 9 nitrogen and oxygen atoms in total. The number of hydrogen-bond acceptors (Lipinski definition) is 7. The van der Waals surface area contributed by atoms with Gasteiger partial charge in [0.25, 0.3) is 0 Å². The Kier molecular flexibility index (Phi) is 5.83. The molecule has 0 aliphatic carbocycles. The van der Waals surface area contributed by atoms with E-state index < -0.39 is 11.9 Å². The second-order valence-corrected chi connectivity index (χ2v) is 8.88. The highest BCUT2D eigenvalue weighted by Crippen LogP contribution is 2.40. The topological polar surface area (TPSA) is 124 Å². The third-order valence-electron chi connectivity index (χ3n) is 6.78. The summed E-state index contributed by atoms with van der Waals surface area (Å²) in [6, 6.07) is 14.4. The second kappa shape index (κ2) is 9.02. The standard InChI is InChI=1S/C28H24N2O7/c1-29-21-10-6-16(12-22(21)30(2)28(29)35)19(13-24(33)36-3)25-23(32)11-9-18-26(34)20(14-37-27(18)25)15-4-7-17(31)8-5-15/h4-12,14,19,31-32H,13H2,1-3H3/t19-/m1/s1. The first-order valence-electron chi connectivity index (χ1n) is 11.5. The molecule has 0 unspecified atom stereocenters. The Morgan fingerprint density at radius 1 is 0.973 bits per heavy atom. The van der Waals surface area contributed by atoms with E-state index >= 15 is 0 Å². The largest absolute Gasteiger partial charge is 0.508 e. The number of carbonyl (C=O) groups is 1. The normalized spacial score (nSPS) is 12.2. The molecule has 0 saturated carbocycles. The number of phenols is 2. The molecule has 9 heteroatoms. The number of ether oxygens (including phenoxy) is 1. The molecule has 188 valence electrons. The summed E-state index contributed by atoms with van der Waals surface area (Å²) in [5.41, 5.74) is 2.71. The molecule has 2 aromatic heterocycles. The van der Waals surface area contributed by atoms with Crippen molar-refractivity contribution in [1.29, 1.82) is 0 Å². The molecule has 0 aliphatic heterocycles. The van der Waals surface area contributed by atoms with Gasteiger partial charge in [0.05, 0.1) is 35.5 Å². The van der Waals surface area contributed by atoms with Gasteiger partial charge >= 0.3 is 11.7 Å². The van der Waals surface area contributed by atoms with Crippen molar-refractivity contribution in [2.75, 3.05) is 7.11 Å². The summed E-state index contributed by atoms with van der Waals surface area (Å²) in [7, 11) is 4.60. The van der Waals surface area contributed by atoms with E-state index in [9.17, 15) is 24.6 Å². The lowest BCUT2D eigenvalue weighted by atomic mass is 9.86. The van der Waals surface area contributed by atoms with Crippen LogP contribution in [0.15, 0.2) is 74.9 Å². The van der Waals surface area contributed by atoms with Gasteiger partial charge in [-0.1, -0.05) is 18.2 Å². The van der Waals surface area contributed by atoms with Crippen molar-refractivity contribution in [1.82, 2.24) is 9.13 Å². The van der Waals surface area contributed by atoms with Crippen molar-refractivity contribution in [3.8, 4) is 22.6 Å². The Morgan fingerprint density at radius 2 is 1.68 bits per heavy atom. The van der Waals surface area contributed by atoms with Crippen molar-refractivity contribution < 1.29 is 24.2 Å². The molecule has 5 rings (SSSR count). The van der Waals surface area contributed by atoms with Gasteiger partial charge in [0.2, 0.25) is 5.43 Å². The third-order valence-corrected chi connectivity index (χ3v) is 6.78. The maximum absolute atomic E-state index is 13.4. The van der Waals surface area contributed by atoms with Crippen molar-refractivity contribution in [3.05, 3.63) is 92.7 Å². The number of benzene rings is 3. The molecule has 0 amide bonds. The van der Waals surface area contributed by atoms with Crippen molar-refractivity contribution in [3.63, 3.8) is 0 Å². The van der Waals surface area contributed by atoms with Gasteiger partial charge in [-0.2, -0.15) is 0 Å². The van der Waals surface area contributed by atoms with Crippen LogP contribution in [-0.2, 0) is 23.6 Å². The summed E-state index contributed by atoms with van der Waals surface area (Å²) in [6.07, 6.45) is 1.16. The number of aromatic hydroxyl groups is 2. The van der Waals surface area contributed by atoms with E-state index in [4.69, 9.17) is 9.15 Å². The average molecular weight is 501 g/mol. The number of fused-ring (bicyclic) bond motifs is 2. The summed E-state index contributed by atoms with van der Waals surface area (Å²) in [5.74, 6) is -1.34. The van der Waals surface area contributed by atoms with Crippen LogP contribution in [0.2, 0.25) is 0 Å². The quantitative estimate of drug-likeness (QED) is 0.352. The molecule has 0 spiro atoms. The number of esters is 1. The Bertz CT molecular complexity index is 1790. The minimum atomic E-state index is -0.737. The Labute approximate surface area is 210 Å². The lowest BCUT2D eigenvalue weighted by molar-refractivity contribution is -0.140. The molecule has 37 heavy (non-hydrogen) atoms. The highest BCUT2D eigenvalue weighted by atomic mass is 16.5. The molecule has 0 aliphatic rings. The predicted octanol–water partition coefficient (Wildman–Crippen LogP) is 3.76. The van der Waals surface area contributed by atoms with Crippen LogP contribution in [0, 0.1) is 0 Å². The fourth-order valence-electron chi connectivity index (χ4n) is 4.77. The maximum Gasteiger partial charge on any atom is 0.328 e. The number of hydrogen-bond donors (Lipinski definition) is 2.